The van der Waals surface area contributed by atoms with Crippen molar-refractivity contribution in [3.05, 3.63) is 46.7 Å². The van der Waals surface area contributed by atoms with E-state index in [-0.39, 0.29) is 36.9 Å². The molecule has 8 heteroatoms. The van der Waals surface area contributed by atoms with Crippen molar-refractivity contribution in [2.75, 3.05) is 11.9 Å². The van der Waals surface area contributed by atoms with Gasteiger partial charge >= 0.3 is 0 Å². The Morgan fingerprint density at radius 2 is 1.83 bits per heavy atom. The maximum absolute atomic E-state index is 11.9. The molecule has 0 saturated carbocycles. The molecule has 0 bridgehead atoms. The molecule has 0 aliphatic heterocycles. The number of hydrogen-bond donors (Lipinski definition) is 2. The standard InChI is InChI=1S/C16H16ClN3O4/c1-10-8-14(20-24-10)19-16(23)9-18-15(22)7-6-13(21)11-2-4-12(17)5-3-11/h2-5,8H,6-7,9H2,1H3,(H,18,22)(H,19,20,23). The predicted octanol–water partition coefficient (Wildman–Crippen LogP) is 2.35. The lowest BCUT2D eigenvalue weighted by molar-refractivity contribution is -0.124. The number of carbonyl (C=O) groups is 3. The van der Waals surface area contributed by atoms with Crippen molar-refractivity contribution in [2.24, 2.45) is 0 Å². The van der Waals surface area contributed by atoms with E-state index in [1.165, 1.54) is 0 Å². The molecule has 126 valence electrons. The van der Waals surface area contributed by atoms with Crippen molar-refractivity contribution in [3.63, 3.8) is 0 Å². The largest absolute Gasteiger partial charge is 0.360 e. The molecule has 1 aromatic heterocycles. The maximum atomic E-state index is 11.9. The minimum Gasteiger partial charge on any atom is -0.360 e. The molecule has 0 aliphatic carbocycles. The highest BCUT2D eigenvalue weighted by Crippen LogP contribution is 2.12. The van der Waals surface area contributed by atoms with Crippen molar-refractivity contribution >= 4 is 35.0 Å². The first-order valence-electron chi connectivity index (χ1n) is 7.22. The lowest BCUT2D eigenvalue weighted by Gasteiger charge is -2.05. The van der Waals surface area contributed by atoms with Crippen LogP contribution in [0.15, 0.2) is 34.9 Å². The van der Waals surface area contributed by atoms with E-state index in [4.69, 9.17) is 16.1 Å². The molecule has 0 atom stereocenters. The fourth-order valence-corrected chi connectivity index (χ4v) is 2.01. The molecule has 0 radical (unpaired) electrons. The van der Waals surface area contributed by atoms with Gasteiger partial charge < -0.3 is 15.2 Å². The number of anilines is 1. The van der Waals surface area contributed by atoms with E-state index in [1.54, 1.807) is 37.3 Å². The third-order valence-electron chi connectivity index (χ3n) is 3.09. The molecule has 2 rings (SSSR count). The Kier molecular flexibility index (Phi) is 6.08. The van der Waals surface area contributed by atoms with Crippen LogP contribution in [0.5, 0.6) is 0 Å². The molecular formula is C16H16ClN3O4. The molecule has 1 aromatic carbocycles. The van der Waals surface area contributed by atoms with Gasteiger partial charge in [-0.1, -0.05) is 16.8 Å². The number of benzene rings is 1. The zero-order valence-corrected chi connectivity index (χ0v) is 13.7. The molecule has 24 heavy (non-hydrogen) atoms. The van der Waals surface area contributed by atoms with Crippen molar-refractivity contribution in [1.82, 2.24) is 10.5 Å². The van der Waals surface area contributed by atoms with Gasteiger partial charge in [-0.3, -0.25) is 14.4 Å². The van der Waals surface area contributed by atoms with Crippen molar-refractivity contribution < 1.29 is 18.9 Å². The van der Waals surface area contributed by atoms with Crippen LogP contribution >= 0.6 is 11.6 Å². The Morgan fingerprint density at radius 1 is 1.12 bits per heavy atom. The zero-order chi connectivity index (χ0) is 17.5. The second kappa shape index (κ2) is 8.26. The number of aromatic nitrogens is 1. The Bertz CT molecular complexity index is 740. The maximum Gasteiger partial charge on any atom is 0.245 e. The van der Waals surface area contributed by atoms with Crippen LogP contribution in [0, 0.1) is 6.92 Å². The third-order valence-corrected chi connectivity index (χ3v) is 3.34. The van der Waals surface area contributed by atoms with Gasteiger partial charge in [-0.15, -0.1) is 0 Å². The Morgan fingerprint density at radius 3 is 2.46 bits per heavy atom. The first kappa shape index (κ1) is 17.7. The van der Waals surface area contributed by atoms with Crippen LogP contribution in [-0.4, -0.2) is 29.3 Å². The topological polar surface area (TPSA) is 101 Å². The SMILES string of the molecule is Cc1cc(NC(=O)CNC(=O)CCC(=O)c2ccc(Cl)cc2)no1. The molecule has 0 spiro atoms. The van der Waals surface area contributed by atoms with Gasteiger partial charge in [0.05, 0.1) is 6.54 Å². The number of amides is 2. The fraction of sp³-hybridized carbons (Fsp3) is 0.250. The van der Waals surface area contributed by atoms with E-state index in [0.717, 1.165) is 0 Å². The van der Waals surface area contributed by atoms with Gasteiger partial charge in [0.15, 0.2) is 11.6 Å². The van der Waals surface area contributed by atoms with Crippen LogP contribution in [0.4, 0.5) is 5.82 Å². The fourth-order valence-electron chi connectivity index (χ4n) is 1.89. The molecule has 0 saturated heterocycles. The first-order chi connectivity index (χ1) is 11.4. The van der Waals surface area contributed by atoms with Crippen molar-refractivity contribution in [2.45, 2.75) is 19.8 Å². The van der Waals surface area contributed by atoms with Gasteiger partial charge in [-0.25, -0.2) is 0 Å². The first-order valence-corrected chi connectivity index (χ1v) is 7.60. The highest BCUT2D eigenvalue weighted by Gasteiger charge is 2.11. The highest BCUT2D eigenvalue weighted by molar-refractivity contribution is 6.30. The number of Topliss-reactive ketones (excluding diaryl/α,β-unsaturated/α-hetero) is 1. The molecule has 0 aliphatic rings. The molecule has 7 nitrogen and oxygen atoms in total. The van der Waals surface area contributed by atoms with Crippen molar-refractivity contribution in [1.29, 1.82) is 0 Å². The van der Waals surface area contributed by atoms with Gasteiger partial charge in [0, 0.05) is 29.5 Å². The molecule has 1 heterocycles. The van der Waals surface area contributed by atoms with Gasteiger partial charge in [-0.2, -0.15) is 0 Å². The van der Waals surface area contributed by atoms with E-state index in [9.17, 15) is 14.4 Å². The highest BCUT2D eigenvalue weighted by atomic mass is 35.5. The summed E-state index contributed by atoms with van der Waals surface area (Å²) < 4.78 is 4.81. The van der Waals surface area contributed by atoms with Crippen LogP contribution in [0.25, 0.3) is 0 Å². The predicted molar refractivity (Wildman–Crippen MR) is 87.9 cm³/mol. The molecular weight excluding hydrogens is 334 g/mol. The number of nitrogens with one attached hydrogen (secondary N) is 2. The third kappa shape index (κ3) is 5.51. The summed E-state index contributed by atoms with van der Waals surface area (Å²) in [4.78, 5) is 35.2. The van der Waals surface area contributed by atoms with E-state index in [1.807, 2.05) is 0 Å². The molecule has 2 N–H and O–H groups in total. The summed E-state index contributed by atoms with van der Waals surface area (Å²) in [6, 6.07) is 8.01. The summed E-state index contributed by atoms with van der Waals surface area (Å²) >= 11 is 5.75. The summed E-state index contributed by atoms with van der Waals surface area (Å²) in [5.74, 6) is -0.131. The smallest absolute Gasteiger partial charge is 0.245 e. The van der Waals surface area contributed by atoms with Crippen LogP contribution in [-0.2, 0) is 9.59 Å². The normalized spacial score (nSPS) is 10.2. The van der Waals surface area contributed by atoms with Crippen LogP contribution in [0.1, 0.15) is 29.0 Å². The van der Waals surface area contributed by atoms with E-state index >= 15 is 0 Å². The summed E-state index contributed by atoms with van der Waals surface area (Å²) in [6.07, 6.45) is 0.0510. The summed E-state index contributed by atoms with van der Waals surface area (Å²) in [5, 5.41) is 9.07. The molecule has 2 aromatic rings. The monoisotopic (exact) mass is 349 g/mol. The van der Waals surface area contributed by atoms with Gasteiger partial charge in [0.2, 0.25) is 11.8 Å². The Balaban J connectivity index is 1.70. The Labute approximate surface area is 143 Å². The second-order valence-corrected chi connectivity index (χ2v) is 5.51. The number of halogens is 1. The van der Waals surface area contributed by atoms with E-state index in [2.05, 4.69) is 15.8 Å². The number of rotatable bonds is 7. The zero-order valence-electron chi connectivity index (χ0n) is 13.0. The summed E-state index contributed by atoms with van der Waals surface area (Å²) in [5.41, 5.74) is 0.492. The molecule has 2 amide bonds. The van der Waals surface area contributed by atoms with Gasteiger partial charge in [0.1, 0.15) is 5.76 Å². The minimum atomic E-state index is -0.430. The van der Waals surface area contributed by atoms with Crippen molar-refractivity contribution in [3.8, 4) is 0 Å². The number of hydrogen-bond acceptors (Lipinski definition) is 5. The summed E-state index contributed by atoms with van der Waals surface area (Å²) in [6.45, 7) is 1.49. The minimum absolute atomic E-state index is 0.00217. The number of aryl methyl sites for hydroxylation is 1. The molecule has 0 fully saturated rings. The van der Waals surface area contributed by atoms with E-state index in [0.29, 0.717) is 16.3 Å². The van der Waals surface area contributed by atoms with Crippen LogP contribution < -0.4 is 10.6 Å². The van der Waals surface area contributed by atoms with Gasteiger partial charge in [-0.05, 0) is 31.2 Å². The lowest BCUT2D eigenvalue weighted by atomic mass is 10.1. The molecule has 0 unspecified atom stereocenters. The van der Waals surface area contributed by atoms with Crippen LogP contribution in [0.2, 0.25) is 5.02 Å². The number of nitrogens with zero attached hydrogens (tertiary/aromatic N) is 1. The van der Waals surface area contributed by atoms with Gasteiger partial charge in [0.25, 0.3) is 0 Å². The van der Waals surface area contributed by atoms with Crippen LogP contribution in [0.3, 0.4) is 0 Å². The Hall–Kier alpha value is -2.67. The lowest BCUT2D eigenvalue weighted by Crippen LogP contribution is -2.33. The number of ketones is 1. The average molecular weight is 350 g/mol. The quantitative estimate of drug-likeness (QED) is 0.747. The second-order valence-electron chi connectivity index (χ2n) is 5.08. The van der Waals surface area contributed by atoms with E-state index < -0.39 is 5.91 Å². The summed E-state index contributed by atoms with van der Waals surface area (Å²) in [7, 11) is 0. The number of carbonyl (C=O) groups excluding carboxylic acids is 3. The average Bonchev–Trinajstić information content (AvgIpc) is 2.96.